The van der Waals surface area contributed by atoms with Gasteiger partial charge in [0.2, 0.25) is 0 Å². The Kier molecular flexibility index (Phi) is 10.8. The molecule has 0 fully saturated rings. The van der Waals surface area contributed by atoms with E-state index in [1.54, 1.807) is 0 Å². The average molecular weight is 438 g/mol. The second-order valence-corrected chi connectivity index (χ2v) is 5.44. The van der Waals surface area contributed by atoms with Crippen molar-refractivity contribution in [1.29, 1.82) is 0 Å². The molecule has 0 atom stereocenters. The number of carboxylic acids is 1. The van der Waals surface area contributed by atoms with Crippen LogP contribution in [0.3, 0.4) is 0 Å². The molecule has 1 aromatic carbocycles. The van der Waals surface area contributed by atoms with E-state index in [9.17, 15) is 17.6 Å². The number of rotatable bonds is 2. The number of nitrogens with zero attached hydrogens (tertiary/aromatic N) is 1. The molecule has 0 radical (unpaired) electrons. The van der Waals surface area contributed by atoms with Crippen molar-refractivity contribution in [2.45, 2.75) is 19.7 Å². The number of carbonyl (C=O) groups is 1. The number of halogens is 6. The summed E-state index contributed by atoms with van der Waals surface area (Å²) in [5, 5.41) is 17.6. The zero-order valence-electron chi connectivity index (χ0n) is 13.5. The smallest absolute Gasteiger partial charge is 0.550 e. The van der Waals surface area contributed by atoms with Crippen LogP contribution in [-0.4, -0.2) is 16.1 Å². The summed E-state index contributed by atoms with van der Waals surface area (Å²) in [6.45, 7) is 0.518. The van der Waals surface area contributed by atoms with Crippen molar-refractivity contribution in [3.8, 4) is 11.3 Å². The zero-order valence-corrected chi connectivity index (χ0v) is 18.1. The van der Waals surface area contributed by atoms with Gasteiger partial charge in [0.25, 0.3) is 0 Å². The third kappa shape index (κ3) is 7.39. The first-order chi connectivity index (χ1) is 11.5. The molecule has 1 N–H and O–H groups in total. The van der Waals surface area contributed by atoms with E-state index in [-0.39, 0.29) is 78.3 Å². The number of aliphatic hydroxyl groups excluding tert-OH is 1. The number of aromatic nitrogens is 1. The molecule has 0 saturated heterocycles. The summed E-state index contributed by atoms with van der Waals surface area (Å²) in [6, 6.07) is 2.80. The van der Waals surface area contributed by atoms with E-state index in [1.807, 2.05) is 0 Å². The van der Waals surface area contributed by atoms with E-state index in [0.29, 0.717) is 12.3 Å². The van der Waals surface area contributed by atoms with E-state index < -0.39 is 30.1 Å². The summed E-state index contributed by atoms with van der Waals surface area (Å²) in [6.07, 6.45) is -4.03. The second-order valence-electron chi connectivity index (χ2n) is 4.63. The number of benzene rings is 1. The predicted octanol–water partition coefficient (Wildman–Crippen LogP) is 0.466. The molecule has 1 aromatic heterocycles. The Labute approximate surface area is 198 Å². The van der Waals surface area contributed by atoms with Gasteiger partial charge in [0.15, 0.2) is 0 Å². The number of alkyl halides is 3. The molecule has 2 aromatic rings. The number of aliphatic hydroxyl groups is 1. The first kappa shape index (κ1) is 25.7. The quantitative estimate of drug-likeness (QED) is 0.547. The van der Waals surface area contributed by atoms with Gasteiger partial charge in [-0.1, -0.05) is 23.2 Å². The van der Waals surface area contributed by atoms with Crippen LogP contribution in [0.2, 0.25) is 10.0 Å². The van der Waals surface area contributed by atoms with Crippen molar-refractivity contribution in [2.75, 3.05) is 0 Å². The first-order valence-electron chi connectivity index (χ1n) is 6.46. The van der Waals surface area contributed by atoms with E-state index >= 15 is 0 Å². The van der Waals surface area contributed by atoms with Crippen molar-refractivity contribution in [1.82, 2.24) is 4.98 Å². The summed E-state index contributed by atoms with van der Waals surface area (Å²) >= 11 is 11.5. The Morgan fingerprint density at radius 1 is 1.23 bits per heavy atom. The Balaban J connectivity index is 0.00000113. The van der Waals surface area contributed by atoms with Crippen molar-refractivity contribution >= 4 is 29.2 Å². The first-order valence-corrected chi connectivity index (χ1v) is 7.22. The molecular formula is C15H10Cl2F4KNO3. The SMILES string of the molecule is CC(=O)[O-].OCc1cc(-c2ncc(C(F)(F)F)cc2Cl)c(F)cc1Cl.[K+]. The van der Waals surface area contributed by atoms with Crippen LogP contribution in [0.25, 0.3) is 11.3 Å². The third-order valence-corrected chi connectivity index (χ3v) is 3.37. The normalized spacial score (nSPS) is 10.5. The summed E-state index contributed by atoms with van der Waals surface area (Å²) in [7, 11) is 0. The van der Waals surface area contributed by atoms with Crippen molar-refractivity contribution in [3.63, 3.8) is 0 Å². The van der Waals surface area contributed by atoms with Gasteiger partial charge >= 0.3 is 57.6 Å². The van der Waals surface area contributed by atoms with Crippen LogP contribution in [0, 0.1) is 5.82 Å². The molecular weight excluding hydrogens is 428 g/mol. The topological polar surface area (TPSA) is 73.2 Å². The Morgan fingerprint density at radius 3 is 2.19 bits per heavy atom. The minimum atomic E-state index is -4.59. The van der Waals surface area contributed by atoms with Gasteiger partial charge in [-0.15, -0.1) is 0 Å². The largest absolute Gasteiger partial charge is 1.00 e. The van der Waals surface area contributed by atoms with E-state index in [4.69, 9.17) is 38.2 Å². The molecule has 0 aliphatic carbocycles. The molecule has 136 valence electrons. The molecule has 0 unspecified atom stereocenters. The van der Waals surface area contributed by atoms with Crippen LogP contribution in [0.1, 0.15) is 18.1 Å². The van der Waals surface area contributed by atoms with Crippen molar-refractivity contribution in [3.05, 3.63) is 51.4 Å². The maximum absolute atomic E-state index is 13.9. The fourth-order valence-corrected chi connectivity index (χ4v) is 2.17. The number of hydrogen-bond donors (Lipinski definition) is 1. The molecule has 0 bridgehead atoms. The molecule has 26 heavy (non-hydrogen) atoms. The van der Waals surface area contributed by atoms with Gasteiger partial charge in [-0.3, -0.25) is 4.98 Å². The standard InChI is InChI=1S/C13H7Cl2F4NO.C2H4O2.K/c14-9-3-11(16)8(1-6(9)5-21)12-10(15)2-7(4-20-12)13(17,18)19;1-2(3)4;/h1-4,21H,5H2;1H3,(H,3,4);/q;;+1/p-1. The van der Waals surface area contributed by atoms with Gasteiger partial charge in [0, 0.05) is 22.8 Å². The zero-order chi connectivity index (χ0) is 19.4. The van der Waals surface area contributed by atoms with E-state index in [0.717, 1.165) is 13.0 Å². The van der Waals surface area contributed by atoms with E-state index in [1.165, 1.54) is 6.07 Å². The molecule has 0 amide bonds. The summed E-state index contributed by atoms with van der Waals surface area (Å²) in [4.78, 5) is 12.5. The average Bonchev–Trinajstić information content (AvgIpc) is 2.46. The van der Waals surface area contributed by atoms with Crippen LogP contribution in [-0.2, 0) is 17.6 Å². The summed E-state index contributed by atoms with van der Waals surface area (Å²) in [5.74, 6) is -1.88. The van der Waals surface area contributed by atoms with Crippen molar-refractivity contribution in [2.24, 2.45) is 0 Å². The van der Waals surface area contributed by atoms with Gasteiger partial charge < -0.3 is 15.0 Å². The molecule has 0 aliphatic heterocycles. The number of carboxylic acid groups (broad SMARTS) is 1. The molecule has 0 spiro atoms. The Hall–Kier alpha value is -0.264. The van der Waals surface area contributed by atoms with E-state index in [2.05, 4.69) is 4.98 Å². The van der Waals surface area contributed by atoms with Gasteiger partial charge in [-0.25, -0.2) is 4.39 Å². The Bertz CT molecular complexity index is 784. The minimum Gasteiger partial charge on any atom is -0.550 e. The summed E-state index contributed by atoms with van der Waals surface area (Å²) < 4.78 is 51.5. The fourth-order valence-electron chi connectivity index (χ4n) is 1.69. The maximum Gasteiger partial charge on any atom is 1.00 e. The van der Waals surface area contributed by atoms with Crippen molar-refractivity contribution < 1.29 is 84.0 Å². The minimum absolute atomic E-state index is 0. The fraction of sp³-hybridized carbons (Fsp3) is 0.200. The van der Waals surface area contributed by atoms with Gasteiger partial charge in [0.1, 0.15) is 5.82 Å². The van der Waals surface area contributed by atoms with Crippen LogP contribution in [0.5, 0.6) is 0 Å². The molecule has 0 aliphatic rings. The monoisotopic (exact) mass is 437 g/mol. The number of hydrogen-bond acceptors (Lipinski definition) is 4. The molecule has 1 heterocycles. The van der Waals surface area contributed by atoms with Gasteiger partial charge in [0.05, 0.1) is 22.9 Å². The molecule has 11 heteroatoms. The predicted molar refractivity (Wildman–Crippen MR) is 81.3 cm³/mol. The summed E-state index contributed by atoms with van der Waals surface area (Å²) in [5.41, 5.74) is -1.12. The van der Waals surface area contributed by atoms with Crippen LogP contribution < -0.4 is 56.5 Å². The van der Waals surface area contributed by atoms with Crippen LogP contribution in [0.15, 0.2) is 24.4 Å². The maximum atomic E-state index is 13.9. The number of pyridine rings is 1. The number of aliphatic carboxylic acids is 1. The van der Waals surface area contributed by atoms with Gasteiger partial charge in [-0.2, -0.15) is 13.2 Å². The Morgan fingerprint density at radius 2 is 1.77 bits per heavy atom. The number of carbonyl (C=O) groups excluding carboxylic acids is 1. The molecule has 4 nitrogen and oxygen atoms in total. The third-order valence-electron chi connectivity index (χ3n) is 2.73. The molecule has 0 saturated carbocycles. The second kappa shape index (κ2) is 10.9. The van der Waals surface area contributed by atoms with Crippen LogP contribution >= 0.6 is 23.2 Å². The molecule has 2 rings (SSSR count). The van der Waals surface area contributed by atoms with Gasteiger partial charge in [-0.05, 0) is 30.7 Å². The van der Waals surface area contributed by atoms with Crippen LogP contribution in [0.4, 0.5) is 17.6 Å².